The summed E-state index contributed by atoms with van der Waals surface area (Å²) in [5, 5.41) is 4.65. The van der Waals surface area contributed by atoms with Gasteiger partial charge in [-0.25, -0.2) is 13.8 Å². The van der Waals surface area contributed by atoms with Crippen molar-refractivity contribution < 1.29 is 23.0 Å². The first-order valence-electron chi connectivity index (χ1n) is 7.46. The van der Waals surface area contributed by atoms with E-state index in [-0.39, 0.29) is 5.56 Å². The number of methoxy groups -OCH3 is 2. The van der Waals surface area contributed by atoms with Gasteiger partial charge < -0.3 is 9.47 Å². The Morgan fingerprint density at radius 2 is 1.88 bits per heavy atom. The molecule has 26 heavy (non-hydrogen) atoms. The van der Waals surface area contributed by atoms with E-state index in [1.165, 1.54) is 24.5 Å². The molecule has 1 heterocycles. The van der Waals surface area contributed by atoms with E-state index in [0.717, 1.165) is 17.7 Å². The first-order valence-corrected chi connectivity index (χ1v) is 8.34. The van der Waals surface area contributed by atoms with E-state index in [9.17, 15) is 13.6 Å². The van der Waals surface area contributed by atoms with Crippen molar-refractivity contribution in [2.75, 3.05) is 19.5 Å². The highest BCUT2D eigenvalue weighted by atomic mass is 32.1. The fourth-order valence-corrected chi connectivity index (χ4v) is 2.98. The van der Waals surface area contributed by atoms with Crippen LogP contribution in [0.5, 0.6) is 11.5 Å². The average molecular weight is 376 g/mol. The predicted octanol–water partition coefficient (Wildman–Crippen LogP) is 4.36. The number of halogens is 2. The van der Waals surface area contributed by atoms with Crippen LogP contribution >= 0.6 is 11.3 Å². The zero-order valence-electron chi connectivity index (χ0n) is 13.9. The standard InChI is InChI=1S/C18H14F2N2O3S/c1-24-11-4-5-12(16(8-11)25-2)15-9-26-18(21-15)22-17(23)10-3-6-13(19)14(20)7-10/h3-9H,1-2H3,(H,21,22,23). The van der Waals surface area contributed by atoms with Crippen LogP contribution in [0.3, 0.4) is 0 Å². The predicted molar refractivity (Wildman–Crippen MR) is 95.0 cm³/mol. The minimum atomic E-state index is -1.08. The second-order valence-electron chi connectivity index (χ2n) is 5.19. The number of nitrogens with one attached hydrogen (secondary N) is 1. The Balaban J connectivity index is 1.82. The molecule has 0 unspecified atom stereocenters. The lowest BCUT2D eigenvalue weighted by atomic mass is 10.1. The molecule has 0 bridgehead atoms. The van der Waals surface area contributed by atoms with Gasteiger partial charge in [0.2, 0.25) is 0 Å². The number of amides is 1. The third-order valence-corrected chi connectivity index (χ3v) is 4.35. The van der Waals surface area contributed by atoms with Crippen molar-refractivity contribution in [3.63, 3.8) is 0 Å². The Morgan fingerprint density at radius 1 is 1.08 bits per heavy atom. The van der Waals surface area contributed by atoms with Crippen LogP contribution in [0, 0.1) is 11.6 Å². The first kappa shape index (κ1) is 17.8. The van der Waals surface area contributed by atoms with E-state index < -0.39 is 17.5 Å². The minimum Gasteiger partial charge on any atom is -0.497 e. The van der Waals surface area contributed by atoms with Gasteiger partial charge in [0.05, 0.1) is 19.9 Å². The molecular weight excluding hydrogens is 362 g/mol. The van der Waals surface area contributed by atoms with Gasteiger partial charge in [-0.15, -0.1) is 11.3 Å². The van der Waals surface area contributed by atoms with Gasteiger partial charge in [-0.2, -0.15) is 0 Å². The topological polar surface area (TPSA) is 60.5 Å². The molecule has 0 atom stereocenters. The molecule has 0 aliphatic heterocycles. The number of benzene rings is 2. The van der Waals surface area contributed by atoms with E-state index in [1.807, 2.05) is 0 Å². The van der Waals surface area contributed by atoms with E-state index in [0.29, 0.717) is 22.3 Å². The highest BCUT2D eigenvalue weighted by Crippen LogP contribution is 2.34. The summed E-state index contributed by atoms with van der Waals surface area (Å²) in [7, 11) is 3.10. The average Bonchev–Trinajstić information content (AvgIpc) is 3.11. The van der Waals surface area contributed by atoms with E-state index >= 15 is 0 Å². The maximum atomic E-state index is 13.3. The molecule has 0 saturated carbocycles. The Labute approximate surface area is 152 Å². The molecule has 0 saturated heterocycles. The summed E-state index contributed by atoms with van der Waals surface area (Å²) < 4.78 is 36.7. The highest BCUT2D eigenvalue weighted by Gasteiger charge is 2.14. The zero-order chi connectivity index (χ0) is 18.7. The number of carbonyl (C=O) groups is 1. The van der Waals surface area contributed by atoms with Gasteiger partial charge in [0.25, 0.3) is 5.91 Å². The second-order valence-corrected chi connectivity index (χ2v) is 6.05. The highest BCUT2D eigenvalue weighted by molar-refractivity contribution is 7.14. The van der Waals surface area contributed by atoms with Gasteiger partial charge >= 0.3 is 0 Å². The molecule has 0 spiro atoms. The number of ether oxygens (including phenoxy) is 2. The van der Waals surface area contributed by atoms with E-state index in [1.54, 1.807) is 30.7 Å². The lowest BCUT2D eigenvalue weighted by Crippen LogP contribution is -2.12. The lowest BCUT2D eigenvalue weighted by Gasteiger charge is -2.08. The molecular formula is C18H14F2N2O3S. The molecule has 0 aliphatic rings. The van der Waals surface area contributed by atoms with Gasteiger partial charge in [-0.1, -0.05) is 0 Å². The molecule has 5 nitrogen and oxygen atoms in total. The van der Waals surface area contributed by atoms with Crippen LogP contribution in [-0.4, -0.2) is 25.1 Å². The molecule has 0 radical (unpaired) electrons. The Hall–Kier alpha value is -3.00. The Kier molecular flexibility index (Phi) is 5.13. The number of rotatable bonds is 5. The van der Waals surface area contributed by atoms with Gasteiger partial charge in [0.15, 0.2) is 16.8 Å². The van der Waals surface area contributed by atoms with Crippen LogP contribution in [0.4, 0.5) is 13.9 Å². The van der Waals surface area contributed by atoms with Crippen LogP contribution in [-0.2, 0) is 0 Å². The Bertz CT molecular complexity index is 959. The molecule has 1 aromatic heterocycles. The maximum absolute atomic E-state index is 13.3. The molecule has 3 rings (SSSR count). The van der Waals surface area contributed by atoms with Gasteiger partial charge in [0, 0.05) is 22.6 Å². The summed E-state index contributed by atoms with van der Waals surface area (Å²) >= 11 is 1.21. The van der Waals surface area contributed by atoms with Crippen molar-refractivity contribution in [3.05, 3.63) is 59.0 Å². The number of thiazole rings is 1. The first-order chi connectivity index (χ1) is 12.5. The van der Waals surface area contributed by atoms with E-state index in [4.69, 9.17) is 9.47 Å². The zero-order valence-corrected chi connectivity index (χ0v) is 14.7. The summed E-state index contributed by atoms with van der Waals surface area (Å²) in [6, 6.07) is 8.25. The molecule has 1 N–H and O–H groups in total. The summed E-state index contributed by atoms with van der Waals surface area (Å²) in [6.45, 7) is 0. The van der Waals surface area contributed by atoms with E-state index in [2.05, 4.69) is 10.3 Å². The quantitative estimate of drug-likeness (QED) is 0.719. The minimum absolute atomic E-state index is 0.00248. The van der Waals surface area contributed by atoms with Crippen LogP contribution in [0.1, 0.15) is 10.4 Å². The fourth-order valence-electron chi connectivity index (χ4n) is 2.27. The van der Waals surface area contributed by atoms with Crippen LogP contribution < -0.4 is 14.8 Å². The SMILES string of the molecule is COc1ccc(-c2csc(NC(=O)c3ccc(F)c(F)c3)n2)c(OC)c1. The molecule has 0 fully saturated rings. The lowest BCUT2D eigenvalue weighted by molar-refractivity contribution is 0.102. The molecule has 3 aromatic rings. The van der Waals surface area contributed by atoms with Crippen molar-refractivity contribution in [2.45, 2.75) is 0 Å². The number of hydrogen-bond donors (Lipinski definition) is 1. The fraction of sp³-hybridized carbons (Fsp3) is 0.111. The van der Waals surface area contributed by atoms with Gasteiger partial charge in [-0.3, -0.25) is 10.1 Å². The number of carbonyl (C=O) groups excluding carboxylic acids is 1. The summed E-state index contributed by atoms with van der Waals surface area (Å²) in [6.07, 6.45) is 0. The van der Waals surface area contributed by atoms with Gasteiger partial charge in [0.1, 0.15) is 11.5 Å². The smallest absolute Gasteiger partial charge is 0.257 e. The number of nitrogens with zero attached hydrogens (tertiary/aromatic N) is 1. The molecule has 134 valence electrons. The summed E-state index contributed by atoms with van der Waals surface area (Å²) in [5.74, 6) is -1.45. The largest absolute Gasteiger partial charge is 0.497 e. The van der Waals surface area contributed by atoms with Crippen LogP contribution in [0.25, 0.3) is 11.3 Å². The van der Waals surface area contributed by atoms with Crippen molar-refractivity contribution in [2.24, 2.45) is 0 Å². The monoisotopic (exact) mass is 376 g/mol. The third-order valence-electron chi connectivity index (χ3n) is 3.59. The molecule has 0 aliphatic carbocycles. The maximum Gasteiger partial charge on any atom is 0.257 e. The van der Waals surface area contributed by atoms with Crippen LogP contribution in [0.15, 0.2) is 41.8 Å². The van der Waals surface area contributed by atoms with Crippen molar-refractivity contribution in [3.8, 4) is 22.8 Å². The van der Waals surface area contributed by atoms with Crippen molar-refractivity contribution in [1.82, 2.24) is 4.98 Å². The normalized spacial score (nSPS) is 10.5. The summed E-state index contributed by atoms with van der Waals surface area (Å²) in [5.41, 5.74) is 1.34. The number of anilines is 1. The van der Waals surface area contributed by atoms with Crippen molar-refractivity contribution in [1.29, 1.82) is 0 Å². The molecule has 8 heteroatoms. The number of hydrogen-bond acceptors (Lipinski definition) is 5. The second kappa shape index (κ2) is 7.49. The number of aromatic nitrogens is 1. The molecule has 2 aromatic carbocycles. The third kappa shape index (κ3) is 3.65. The molecule has 1 amide bonds. The summed E-state index contributed by atoms with van der Waals surface area (Å²) in [4.78, 5) is 16.5. The Morgan fingerprint density at radius 3 is 2.58 bits per heavy atom. The van der Waals surface area contributed by atoms with Crippen LogP contribution in [0.2, 0.25) is 0 Å². The van der Waals surface area contributed by atoms with Crippen molar-refractivity contribution >= 4 is 22.4 Å². The van der Waals surface area contributed by atoms with Gasteiger partial charge in [-0.05, 0) is 30.3 Å².